The smallest absolute Gasteiger partial charge is 0.151 e. The summed E-state index contributed by atoms with van der Waals surface area (Å²) in [5.74, 6) is 1.92. The van der Waals surface area contributed by atoms with Crippen LogP contribution in [0.25, 0.3) is 11.3 Å². The maximum Gasteiger partial charge on any atom is 0.151 e. The Bertz CT molecular complexity index is 605. The lowest BCUT2D eigenvalue weighted by atomic mass is 9.78. The Morgan fingerprint density at radius 1 is 1.05 bits per heavy atom. The van der Waals surface area contributed by atoms with E-state index in [9.17, 15) is 0 Å². The molecule has 3 nitrogen and oxygen atoms in total. The molecule has 22 heavy (non-hydrogen) atoms. The highest BCUT2D eigenvalue weighted by Gasteiger charge is 2.33. The summed E-state index contributed by atoms with van der Waals surface area (Å²) in [5.41, 5.74) is 2.08. The number of likely N-dealkylation sites (tertiary alicyclic amines) is 1. The van der Waals surface area contributed by atoms with Gasteiger partial charge < -0.3 is 4.52 Å². The number of piperidine rings is 1. The van der Waals surface area contributed by atoms with Gasteiger partial charge in [-0.15, -0.1) is 0 Å². The lowest BCUT2D eigenvalue weighted by Crippen LogP contribution is -2.46. The molecule has 0 spiro atoms. The van der Waals surface area contributed by atoms with Crippen molar-refractivity contribution in [2.24, 2.45) is 5.92 Å². The Labute approximate surface area is 132 Å². The summed E-state index contributed by atoms with van der Waals surface area (Å²) in [7, 11) is 0. The first-order valence-corrected chi connectivity index (χ1v) is 8.65. The molecule has 2 atom stereocenters. The van der Waals surface area contributed by atoms with Gasteiger partial charge in [0.25, 0.3) is 0 Å². The van der Waals surface area contributed by atoms with Crippen LogP contribution in [0.2, 0.25) is 0 Å². The minimum absolute atomic E-state index is 0.771. The van der Waals surface area contributed by atoms with Gasteiger partial charge in [-0.3, -0.25) is 4.90 Å². The fraction of sp³-hybridized carbons (Fsp3) is 0.526. The van der Waals surface area contributed by atoms with Crippen molar-refractivity contribution in [1.82, 2.24) is 10.1 Å². The number of benzene rings is 1. The number of fused-ring (bicyclic) bond motifs is 1. The molecule has 2 heterocycles. The van der Waals surface area contributed by atoms with Crippen LogP contribution in [0.1, 0.15) is 44.3 Å². The zero-order valence-electron chi connectivity index (χ0n) is 13.1. The Morgan fingerprint density at radius 2 is 1.86 bits per heavy atom. The van der Waals surface area contributed by atoms with Gasteiger partial charge in [0.15, 0.2) is 5.76 Å². The average Bonchev–Trinajstić information content (AvgIpc) is 3.05. The number of hydrogen-bond acceptors (Lipinski definition) is 3. The fourth-order valence-electron chi connectivity index (χ4n) is 4.26. The van der Waals surface area contributed by atoms with Crippen LogP contribution in [-0.4, -0.2) is 22.6 Å². The van der Waals surface area contributed by atoms with Crippen LogP contribution >= 0.6 is 0 Å². The highest BCUT2D eigenvalue weighted by atomic mass is 16.5. The molecular formula is C19H24N2O. The predicted octanol–water partition coefficient (Wildman–Crippen LogP) is 4.50. The van der Waals surface area contributed by atoms with E-state index >= 15 is 0 Å². The van der Waals surface area contributed by atoms with Gasteiger partial charge in [-0.25, -0.2) is 0 Å². The van der Waals surface area contributed by atoms with Crippen molar-refractivity contribution in [3.8, 4) is 11.3 Å². The topological polar surface area (TPSA) is 29.3 Å². The van der Waals surface area contributed by atoms with E-state index in [0.29, 0.717) is 0 Å². The molecule has 1 saturated carbocycles. The molecule has 0 amide bonds. The number of aromatic nitrogens is 1. The zero-order chi connectivity index (χ0) is 14.8. The molecule has 0 bridgehead atoms. The third kappa shape index (κ3) is 2.82. The van der Waals surface area contributed by atoms with E-state index in [4.69, 9.17) is 4.52 Å². The molecule has 116 valence electrons. The minimum Gasteiger partial charge on any atom is -0.359 e. The molecule has 1 aliphatic carbocycles. The van der Waals surface area contributed by atoms with Crippen LogP contribution < -0.4 is 0 Å². The van der Waals surface area contributed by atoms with Gasteiger partial charge in [-0.1, -0.05) is 48.3 Å². The minimum atomic E-state index is 0.771. The van der Waals surface area contributed by atoms with E-state index in [1.54, 1.807) is 0 Å². The van der Waals surface area contributed by atoms with E-state index in [1.807, 2.05) is 18.2 Å². The van der Waals surface area contributed by atoms with Gasteiger partial charge in [0.05, 0.1) is 6.54 Å². The largest absolute Gasteiger partial charge is 0.359 e. The molecular weight excluding hydrogens is 272 g/mol. The molecule has 1 saturated heterocycles. The molecule has 2 aromatic rings. The standard InChI is InChI=1S/C19H24N2O/c1-2-7-15(8-3-1)18-13-17(22-20-18)14-21-12-6-10-16-9-4-5-11-19(16)21/h1-3,7-8,13,16,19H,4-6,9-12,14H2. The molecule has 4 rings (SSSR count). The highest BCUT2D eigenvalue weighted by Crippen LogP contribution is 2.36. The summed E-state index contributed by atoms with van der Waals surface area (Å²) in [6, 6.07) is 13.2. The monoisotopic (exact) mass is 296 g/mol. The van der Waals surface area contributed by atoms with Crippen molar-refractivity contribution in [3.05, 3.63) is 42.2 Å². The van der Waals surface area contributed by atoms with Crippen molar-refractivity contribution >= 4 is 0 Å². The summed E-state index contributed by atoms with van der Waals surface area (Å²) in [6.07, 6.45) is 8.36. The SMILES string of the molecule is c1ccc(-c2cc(CN3CCCC4CCCCC43)on2)cc1. The van der Waals surface area contributed by atoms with E-state index < -0.39 is 0 Å². The Balaban J connectivity index is 1.48. The van der Waals surface area contributed by atoms with Crippen LogP contribution in [0, 0.1) is 5.92 Å². The van der Waals surface area contributed by atoms with Crippen molar-refractivity contribution < 1.29 is 4.52 Å². The summed E-state index contributed by atoms with van der Waals surface area (Å²) in [6.45, 7) is 2.13. The van der Waals surface area contributed by atoms with Crippen LogP contribution in [0.5, 0.6) is 0 Å². The molecule has 0 radical (unpaired) electrons. The number of nitrogens with zero attached hydrogens (tertiary/aromatic N) is 2. The number of hydrogen-bond donors (Lipinski definition) is 0. The first kappa shape index (κ1) is 14.0. The third-order valence-electron chi connectivity index (χ3n) is 5.35. The predicted molar refractivity (Wildman–Crippen MR) is 87.3 cm³/mol. The van der Waals surface area contributed by atoms with Crippen LogP contribution in [-0.2, 0) is 6.54 Å². The summed E-state index contributed by atoms with van der Waals surface area (Å²) in [4.78, 5) is 2.64. The van der Waals surface area contributed by atoms with Gasteiger partial charge in [0, 0.05) is 17.7 Å². The first-order chi connectivity index (χ1) is 10.9. The number of rotatable bonds is 3. The first-order valence-electron chi connectivity index (χ1n) is 8.65. The molecule has 0 N–H and O–H groups in total. The second-order valence-corrected chi connectivity index (χ2v) is 6.77. The zero-order valence-corrected chi connectivity index (χ0v) is 13.1. The van der Waals surface area contributed by atoms with Crippen molar-refractivity contribution in [2.75, 3.05) is 6.54 Å². The van der Waals surface area contributed by atoms with Gasteiger partial charge in [-0.2, -0.15) is 0 Å². The lowest BCUT2D eigenvalue weighted by Gasteiger charge is -2.43. The second kappa shape index (κ2) is 6.25. The normalized spacial score (nSPS) is 25.8. The maximum atomic E-state index is 5.61. The van der Waals surface area contributed by atoms with Crippen molar-refractivity contribution in [3.63, 3.8) is 0 Å². The van der Waals surface area contributed by atoms with Crippen molar-refractivity contribution in [1.29, 1.82) is 0 Å². The molecule has 1 aliphatic heterocycles. The highest BCUT2D eigenvalue weighted by molar-refractivity contribution is 5.58. The van der Waals surface area contributed by atoms with Crippen LogP contribution in [0.4, 0.5) is 0 Å². The second-order valence-electron chi connectivity index (χ2n) is 6.77. The van der Waals surface area contributed by atoms with Gasteiger partial charge in [-0.05, 0) is 38.1 Å². The summed E-state index contributed by atoms with van der Waals surface area (Å²) in [5, 5.41) is 4.25. The van der Waals surface area contributed by atoms with Gasteiger partial charge >= 0.3 is 0 Å². The van der Waals surface area contributed by atoms with Crippen LogP contribution in [0.15, 0.2) is 40.9 Å². The third-order valence-corrected chi connectivity index (χ3v) is 5.35. The van der Waals surface area contributed by atoms with E-state index in [0.717, 1.165) is 35.5 Å². The Morgan fingerprint density at radius 3 is 2.77 bits per heavy atom. The Hall–Kier alpha value is -1.61. The molecule has 2 aliphatic rings. The molecule has 1 aromatic carbocycles. The van der Waals surface area contributed by atoms with E-state index in [1.165, 1.54) is 45.1 Å². The lowest BCUT2D eigenvalue weighted by molar-refractivity contribution is 0.0480. The average molecular weight is 296 g/mol. The summed E-state index contributed by atoms with van der Waals surface area (Å²) < 4.78 is 5.61. The molecule has 1 aromatic heterocycles. The van der Waals surface area contributed by atoms with Gasteiger partial charge in [0.1, 0.15) is 5.69 Å². The van der Waals surface area contributed by atoms with Gasteiger partial charge in [0.2, 0.25) is 0 Å². The van der Waals surface area contributed by atoms with E-state index in [2.05, 4.69) is 28.3 Å². The maximum absolute atomic E-state index is 5.61. The summed E-state index contributed by atoms with van der Waals surface area (Å²) >= 11 is 0. The quantitative estimate of drug-likeness (QED) is 0.835. The molecule has 3 heteroatoms. The van der Waals surface area contributed by atoms with Crippen LogP contribution in [0.3, 0.4) is 0 Å². The molecule has 2 fully saturated rings. The molecule has 2 unspecified atom stereocenters. The van der Waals surface area contributed by atoms with Crippen molar-refractivity contribution in [2.45, 2.75) is 51.1 Å². The van der Waals surface area contributed by atoms with E-state index in [-0.39, 0.29) is 0 Å². The fourth-order valence-corrected chi connectivity index (χ4v) is 4.26. The Kier molecular flexibility index (Phi) is 3.98.